The van der Waals surface area contributed by atoms with E-state index in [1.54, 1.807) is 11.9 Å². The second-order valence-corrected chi connectivity index (χ2v) is 3.82. The van der Waals surface area contributed by atoms with Crippen LogP contribution in [0.2, 0.25) is 0 Å². The minimum atomic E-state index is 0.698. The molecule has 0 heterocycles. The molecule has 0 aliphatic heterocycles. The molecule has 0 bridgehead atoms. The van der Waals surface area contributed by atoms with Gasteiger partial charge >= 0.3 is 0 Å². The molecule has 0 aromatic heterocycles. The number of hydrogen-bond donors (Lipinski definition) is 0. The molecule has 0 N–H and O–H groups in total. The molecule has 74 valence electrons. The van der Waals surface area contributed by atoms with Gasteiger partial charge in [0.2, 0.25) is 0 Å². The number of rotatable bonds is 2. The van der Waals surface area contributed by atoms with Crippen molar-refractivity contribution in [2.75, 3.05) is 7.05 Å². The van der Waals surface area contributed by atoms with Gasteiger partial charge in [-0.15, -0.1) is 0 Å². The molecule has 2 nitrogen and oxygen atoms in total. The van der Waals surface area contributed by atoms with E-state index in [4.69, 9.17) is 5.26 Å². The first-order valence-electron chi connectivity index (χ1n) is 4.72. The molecular formula is C12H16N2. The highest BCUT2D eigenvalue weighted by atomic mass is 15.1. The van der Waals surface area contributed by atoms with Crippen molar-refractivity contribution in [3.63, 3.8) is 0 Å². The van der Waals surface area contributed by atoms with Gasteiger partial charge in [-0.05, 0) is 43.0 Å². The van der Waals surface area contributed by atoms with Crippen molar-refractivity contribution in [2.45, 2.75) is 27.3 Å². The first-order valence-corrected chi connectivity index (χ1v) is 4.72. The molecule has 0 atom stereocenters. The van der Waals surface area contributed by atoms with E-state index in [1.807, 2.05) is 0 Å². The highest BCUT2D eigenvalue weighted by molar-refractivity contribution is 5.36. The molecule has 0 unspecified atom stereocenters. The Morgan fingerprint density at radius 3 is 2.29 bits per heavy atom. The molecule has 2 heteroatoms. The van der Waals surface area contributed by atoms with E-state index in [0.717, 1.165) is 0 Å². The summed E-state index contributed by atoms with van der Waals surface area (Å²) in [5.41, 5.74) is 5.09. The minimum Gasteiger partial charge on any atom is -0.309 e. The Hall–Kier alpha value is -1.49. The Morgan fingerprint density at radius 2 is 1.71 bits per heavy atom. The van der Waals surface area contributed by atoms with Crippen LogP contribution in [-0.2, 0) is 6.54 Å². The van der Waals surface area contributed by atoms with Crippen LogP contribution in [0.15, 0.2) is 12.1 Å². The Balaban J connectivity index is 2.99. The molecule has 0 aliphatic carbocycles. The predicted octanol–water partition coefficient (Wildman–Crippen LogP) is 2.52. The van der Waals surface area contributed by atoms with Crippen LogP contribution in [0.25, 0.3) is 0 Å². The molecular weight excluding hydrogens is 172 g/mol. The van der Waals surface area contributed by atoms with Crippen LogP contribution >= 0.6 is 0 Å². The van der Waals surface area contributed by atoms with Crippen LogP contribution in [0, 0.1) is 32.2 Å². The highest BCUT2D eigenvalue weighted by Gasteiger charge is 2.03. The molecule has 0 amide bonds. The van der Waals surface area contributed by atoms with E-state index in [-0.39, 0.29) is 0 Å². The average Bonchev–Trinajstić information content (AvgIpc) is 2.14. The summed E-state index contributed by atoms with van der Waals surface area (Å²) in [4.78, 5) is 1.64. The largest absolute Gasteiger partial charge is 0.309 e. The summed E-state index contributed by atoms with van der Waals surface area (Å²) in [5, 5.41) is 8.69. The van der Waals surface area contributed by atoms with Crippen LogP contribution in [0.3, 0.4) is 0 Å². The third kappa shape index (κ3) is 2.26. The van der Waals surface area contributed by atoms with Crippen LogP contribution in [0.5, 0.6) is 0 Å². The van der Waals surface area contributed by atoms with Crippen LogP contribution in [-0.4, -0.2) is 11.9 Å². The Bertz CT molecular complexity index is 375. The lowest BCUT2D eigenvalue weighted by molar-refractivity contribution is 0.468. The van der Waals surface area contributed by atoms with Crippen LogP contribution in [0.4, 0.5) is 0 Å². The number of aryl methyl sites for hydroxylation is 3. The summed E-state index contributed by atoms with van der Waals surface area (Å²) < 4.78 is 0. The standard InChI is InChI=1S/C12H16N2/c1-9-5-11(3)12(6-10(9)2)7-14(4)8-13/h5-6H,7H2,1-4H3. The average molecular weight is 188 g/mol. The zero-order valence-electron chi connectivity index (χ0n) is 9.26. The fourth-order valence-electron chi connectivity index (χ4n) is 1.48. The normalized spacial score (nSPS) is 9.64. The fraction of sp³-hybridized carbons (Fsp3) is 0.417. The summed E-state index contributed by atoms with van der Waals surface area (Å²) in [6.07, 6.45) is 2.11. The van der Waals surface area contributed by atoms with Gasteiger partial charge in [-0.3, -0.25) is 0 Å². The second-order valence-electron chi connectivity index (χ2n) is 3.82. The first-order chi connectivity index (χ1) is 6.54. The molecule has 0 saturated carbocycles. The quantitative estimate of drug-likeness (QED) is 0.526. The Morgan fingerprint density at radius 1 is 1.14 bits per heavy atom. The second kappa shape index (κ2) is 4.15. The Labute approximate surface area is 85.8 Å². The number of benzene rings is 1. The number of hydrogen-bond acceptors (Lipinski definition) is 2. The molecule has 0 aliphatic rings. The van der Waals surface area contributed by atoms with Crippen molar-refractivity contribution in [3.05, 3.63) is 34.4 Å². The van der Waals surface area contributed by atoms with Crippen molar-refractivity contribution < 1.29 is 0 Å². The predicted molar refractivity (Wildman–Crippen MR) is 57.7 cm³/mol. The third-order valence-corrected chi connectivity index (χ3v) is 2.53. The van der Waals surface area contributed by atoms with Crippen LogP contribution < -0.4 is 0 Å². The maximum atomic E-state index is 8.69. The van der Waals surface area contributed by atoms with E-state index in [0.29, 0.717) is 6.54 Å². The lowest BCUT2D eigenvalue weighted by atomic mass is 10.0. The van der Waals surface area contributed by atoms with E-state index in [9.17, 15) is 0 Å². The smallest absolute Gasteiger partial charge is 0.179 e. The lowest BCUT2D eigenvalue weighted by Crippen LogP contribution is -2.11. The van der Waals surface area contributed by atoms with Crippen molar-refractivity contribution in [2.24, 2.45) is 0 Å². The van der Waals surface area contributed by atoms with Crippen molar-refractivity contribution in [1.82, 2.24) is 4.90 Å². The molecule has 1 aromatic carbocycles. The molecule has 0 fully saturated rings. The summed E-state index contributed by atoms with van der Waals surface area (Å²) in [6.45, 7) is 7.00. The Kier molecular flexibility index (Phi) is 3.14. The molecule has 0 saturated heterocycles. The number of nitrogens with zero attached hydrogens (tertiary/aromatic N) is 2. The van der Waals surface area contributed by atoms with E-state index >= 15 is 0 Å². The molecule has 1 rings (SSSR count). The van der Waals surface area contributed by atoms with E-state index < -0.39 is 0 Å². The van der Waals surface area contributed by atoms with Gasteiger partial charge in [0.05, 0.1) is 6.54 Å². The highest BCUT2D eigenvalue weighted by Crippen LogP contribution is 2.16. The SMILES string of the molecule is Cc1cc(C)c(CN(C)C#N)cc1C. The fourth-order valence-corrected chi connectivity index (χ4v) is 1.48. The summed E-state index contributed by atoms with van der Waals surface area (Å²) in [7, 11) is 1.80. The number of nitriles is 1. The topological polar surface area (TPSA) is 27.0 Å². The van der Waals surface area contributed by atoms with Gasteiger partial charge in [-0.2, -0.15) is 5.26 Å². The summed E-state index contributed by atoms with van der Waals surface area (Å²) >= 11 is 0. The van der Waals surface area contributed by atoms with E-state index in [2.05, 4.69) is 39.1 Å². The van der Waals surface area contributed by atoms with Gasteiger partial charge in [-0.1, -0.05) is 12.1 Å². The molecule has 1 aromatic rings. The van der Waals surface area contributed by atoms with Gasteiger partial charge in [-0.25, -0.2) is 0 Å². The van der Waals surface area contributed by atoms with E-state index in [1.165, 1.54) is 22.3 Å². The van der Waals surface area contributed by atoms with Gasteiger partial charge in [0.1, 0.15) is 0 Å². The van der Waals surface area contributed by atoms with Gasteiger partial charge in [0, 0.05) is 7.05 Å². The lowest BCUT2D eigenvalue weighted by Gasteiger charge is -2.13. The van der Waals surface area contributed by atoms with Crippen molar-refractivity contribution >= 4 is 0 Å². The maximum Gasteiger partial charge on any atom is 0.179 e. The van der Waals surface area contributed by atoms with Gasteiger partial charge in [0.25, 0.3) is 0 Å². The zero-order valence-corrected chi connectivity index (χ0v) is 9.26. The first kappa shape index (κ1) is 10.6. The monoisotopic (exact) mass is 188 g/mol. The molecule has 14 heavy (non-hydrogen) atoms. The van der Waals surface area contributed by atoms with Crippen molar-refractivity contribution in [3.8, 4) is 6.19 Å². The summed E-state index contributed by atoms with van der Waals surface area (Å²) in [5.74, 6) is 0. The van der Waals surface area contributed by atoms with Crippen molar-refractivity contribution in [1.29, 1.82) is 5.26 Å². The minimum absolute atomic E-state index is 0.698. The summed E-state index contributed by atoms with van der Waals surface area (Å²) in [6, 6.07) is 4.34. The maximum absolute atomic E-state index is 8.69. The van der Waals surface area contributed by atoms with Crippen LogP contribution in [0.1, 0.15) is 22.3 Å². The third-order valence-electron chi connectivity index (χ3n) is 2.53. The van der Waals surface area contributed by atoms with Gasteiger partial charge < -0.3 is 4.90 Å². The molecule has 0 radical (unpaired) electrons. The van der Waals surface area contributed by atoms with Gasteiger partial charge in [0.15, 0.2) is 6.19 Å². The zero-order chi connectivity index (χ0) is 10.7. The molecule has 0 spiro atoms.